The standard InChI is InChI=1S/C12H15F3N6/c13-12(14,15)5-21-2-1-8(4-21)3-16-10-9-11(18-6-17-9)20-7-19-10/h6-8H,1-5H2,(H2,16,17,18,19,20). The lowest BCUT2D eigenvalue weighted by Crippen LogP contribution is -2.33. The summed E-state index contributed by atoms with van der Waals surface area (Å²) in [5, 5.41) is 3.17. The molecule has 9 heteroatoms. The third-order valence-electron chi connectivity index (χ3n) is 3.55. The van der Waals surface area contributed by atoms with Gasteiger partial charge in [0, 0.05) is 13.1 Å². The minimum atomic E-state index is -4.13. The van der Waals surface area contributed by atoms with E-state index in [1.54, 1.807) is 0 Å². The minimum Gasteiger partial charge on any atom is -0.368 e. The Morgan fingerprint density at radius 1 is 1.33 bits per heavy atom. The molecule has 114 valence electrons. The molecule has 0 radical (unpaired) electrons. The number of nitrogens with zero attached hydrogens (tertiary/aromatic N) is 4. The van der Waals surface area contributed by atoms with E-state index in [1.807, 2.05) is 0 Å². The number of halogens is 3. The summed E-state index contributed by atoms with van der Waals surface area (Å²) in [6, 6.07) is 0. The summed E-state index contributed by atoms with van der Waals surface area (Å²) in [5.74, 6) is 0.812. The van der Waals surface area contributed by atoms with Crippen molar-refractivity contribution in [3.63, 3.8) is 0 Å². The maximum Gasteiger partial charge on any atom is 0.401 e. The third kappa shape index (κ3) is 3.41. The van der Waals surface area contributed by atoms with Crippen LogP contribution in [0.15, 0.2) is 12.7 Å². The number of nitrogens with one attached hydrogen (secondary N) is 2. The van der Waals surface area contributed by atoms with Crippen molar-refractivity contribution >= 4 is 17.0 Å². The first kappa shape index (κ1) is 14.1. The molecular weight excluding hydrogens is 285 g/mol. The number of fused-ring (bicyclic) bond motifs is 1. The van der Waals surface area contributed by atoms with Gasteiger partial charge in [-0.25, -0.2) is 15.0 Å². The van der Waals surface area contributed by atoms with Crippen LogP contribution < -0.4 is 5.32 Å². The maximum atomic E-state index is 12.3. The first-order chi connectivity index (χ1) is 10.0. The third-order valence-corrected chi connectivity index (χ3v) is 3.55. The van der Waals surface area contributed by atoms with E-state index < -0.39 is 12.7 Å². The lowest BCUT2D eigenvalue weighted by Gasteiger charge is -2.18. The molecule has 0 aromatic carbocycles. The summed E-state index contributed by atoms with van der Waals surface area (Å²) in [7, 11) is 0. The molecular formula is C12H15F3N6. The summed E-state index contributed by atoms with van der Waals surface area (Å²) < 4.78 is 37.0. The molecule has 1 fully saturated rings. The van der Waals surface area contributed by atoms with Crippen LogP contribution in [0.3, 0.4) is 0 Å². The second kappa shape index (κ2) is 5.47. The van der Waals surface area contributed by atoms with Gasteiger partial charge >= 0.3 is 6.18 Å². The number of aromatic nitrogens is 4. The fourth-order valence-corrected chi connectivity index (χ4v) is 2.62. The van der Waals surface area contributed by atoms with Crippen LogP contribution in [-0.2, 0) is 0 Å². The Morgan fingerprint density at radius 3 is 3.00 bits per heavy atom. The van der Waals surface area contributed by atoms with E-state index in [4.69, 9.17) is 0 Å². The maximum absolute atomic E-state index is 12.3. The summed E-state index contributed by atoms with van der Waals surface area (Å²) in [4.78, 5) is 16.6. The van der Waals surface area contributed by atoms with Crippen molar-refractivity contribution in [3.05, 3.63) is 12.7 Å². The van der Waals surface area contributed by atoms with Gasteiger partial charge in [-0.3, -0.25) is 4.90 Å². The zero-order valence-electron chi connectivity index (χ0n) is 11.2. The van der Waals surface area contributed by atoms with E-state index in [2.05, 4.69) is 25.3 Å². The Morgan fingerprint density at radius 2 is 2.19 bits per heavy atom. The number of anilines is 1. The molecule has 0 aliphatic carbocycles. The first-order valence-corrected chi connectivity index (χ1v) is 6.68. The van der Waals surface area contributed by atoms with Crippen LogP contribution in [0.5, 0.6) is 0 Å². The van der Waals surface area contributed by atoms with Gasteiger partial charge < -0.3 is 10.3 Å². The van der Waals surface area contributed by atoms with Crippen molar-refractivity contribution in [2.45, 2.75) is 12.6 Å². The van der Waals surface area contributed by atoms with Crippen LogP contribution in [0.2, 0.25) is 0 Å². The summed E-state index contributed by atoms with van der Waals surface area (Å²) in [6.07, 6.45) is -0.432. The highest BCUT2D eigenvalue weighted by Gasteiger charge is 2.34. The smallest absolute Gasteiger partial charge is 0.368 e. The number of hydrogen-bond donors (Lipinski definition) is 2. The Kier molecular flexibility index (Phi) is 3.66. The van der Waals surface area contributed by atoms with Gasteiger partial charge in [-0.05, 0) is 18.9 Å². The van der Waals surface area contributed by atoms with Gasteiger partial charge in [-0.2, -0.15) is 13.2 Å². The molecule has 3 rings (SSSR count). The Bertz CT molecular complexity index is 610. The number of rotatable bonds is 4. The molecule has 1 atom stereocenters. The second-order valence-electron chi connectivity index (χ2n) is 5.21. The molecule has 0 amide bonds. The van der Waals surface area contributed by atoms with Crippen molar-refractivity contribution in [1.82, 2.24) is 24.8 Å². The van der Waals surface area contributed by atoms with Gasteiger partial charge in [-0.15, -0.1) is 0 Å². The predicted octanol–water partition coefficient (Wildman–Crippen LogP) is 1.65. The number of H-pyrrole nitrogens is 1. The van der Waals surface area contributed by atoms with Gasteiger partial charge in [-0.1, -0.05) is 0 Å². The molecule has 2 N–H and O–H groups in total. The average Bonchev–Trinajstić information content (AvgIpc) is 3.03. The molecule has 6 nitrogen and oxygen atoms in total. The van der Waals surface area contributed by atoms with Gasteiger partial charge in [0.15, 0.2) is 11.5 Å². The average molecular weight is 300 g/mol. The fraction of sp³-hybridized carbons (Fsp3) is 0.583. The van der Waals surface area contributed by atoms with Crippen LogP contribution in [0.1, 0.15) is 6.42 Å². The molecule has 1 saturated heterocycles. The van der Waals surface area contributed by atoms with Gasteiger partial charge in [0.1, 0.15) is 11.8 Å². The molecule has 21 heavy (non-hydrogen) atoms. The van der Waals surface area contributed by atoms with E-state index in [9.17, 15) is 13.2 Å². The lowest BCUT2D eigenvalue weighted by molar-refractivity contribution is -0.143. The van der Waals surface area contributed by atoms with Gasteiger partial charge in [0.2, 0.25) is 0 Å². The Balaban J connectivity index is 1.56. The topological polar surface area (TPSA) is 69.7 Å². The summed E-state index contributed by atoms with van der Waals surface area (Å²) in [6.45, 7) is 0.681. The normalized spacial score (nSPS) is 20.2. The van der Waals surface area contributed by atoms with Crippen LogP contribution in [0, 0.1) is 5.92 Å². The van der Waals surface area contributed by atoms with E-state index in [0.717, 1.165) is 6.42 Å². The number of likely N-dealkylation sites (tertiary alicyclic amines) is 1. The second-order valence-corrected chi connectivity index (χ2v) is 5.21. The number of imidazole rings is 1. The highest BCUT2D eigenvalue weighted by atomic mass is 19.4. The lowest BCUT2D eigenvalue weighted by atomic mass is 10.1. The van der Waals surface area contributed by atoms with E-state index >= 15 is 0 Å². The van der Waals surface area contributed by atoms with E-state index in [0.29, 0.717) is 36.6 Å². The number of aromatic amines is 1. The monoisotopic (exact) mass is 300 g/mol. The molecule has 1 aliphatic rings. The van der Waals surface area contributed by atoms with Crippen LogP contribution in [0.25, 0.3) is 11.2 Å². The molecule has 1 unspecified atom stereocenters. The zero-order chi connectivity index (χ0) is 14.9. The molecule has 0 spiro atoms. The summed E-state index contributed by atoms with van der Waals surface area (Å²) in [5.41, 5.74) is 1.28. The fourth-order valence-electron chi connectivity index (χ4n) is 2.62. The Labute approximate surface area is 118 Å². The highest BCUT2D eigenvalue weighted by molar-refractivity contribution is 5.81. The van der Waals surface area contributed by atoms with Crippen LogP contribution in [-0.4, -0.2) is 57.2 Å². The van der Waals surface area contributed by atoms with Crippen molar-refractivity contribution in [2.75, 3.05) is 31.5 Å². The van der Waals surface area contributed by atoms with Crippen LogP contribution >= 0.6 is 0 Å². The first-order valence-electron chi connectivity index (χ1n) is 6.68. The molecule has 0 saturated carbocycles. The van der Waals surface area contributed by atoms with E-state index in [-0.39, 0.29) is 5.92 Å². The van der Waals surface area contributed by atoms with Gasteiger partial charge in [0.05, 0.1) is 12.9 Å². The molecule has 1 aliphatic heterocycles. The minimum absolute atomic E-state index is 0.181. The number of alkyl halides is 3. The SMILES string of the molecule is FC(F)(F)CN1CCC(CNc2ncnc3nc[nH]c23)C1. The summed E-state index contributed by atoms with van der Waals surface area (Å²) >= 11 is 0. The quantitative estimate of drug-likeness (QED) is 0.898. The van der Waals surface area contributed by atoms with Crippen molar-refractivity contribution in [3.8, 4) is 0 Å². The zero-order valence-corrected chi connectivity index (χ0v) is 11.2. The van der Waals surface area contributed by atoms with E-state index in [1.165, 1.54) is 17.6 Å². The largest absolute Gasteiger partial charge is 0.401 e. The Hall–Kier alpha value is -1.90. The predicted molar refractivity (Wildman–Crippen MR) is 70.8 cm³/mol. The van der Waals surface area contributed by atoms with Crippen molar-refractivity contribution in [2.24, 2.45) is 5.92 Å². The van der Waals surface area contributed by atoms with Gasteiger partial charge in [0.25, 0.3) is 0 Å². The van der Waals surface area contributed by atoms with Crippen molar-refractivity contribution < 1.29 is 13.2 Å². The van der Waals surface area contributed by atoms with Crippen molar-refractivity contribution in [1.29, 1.82) is 0 Å². The molecule has 3 heterocycles. The number of hydrogen-bond acceptors (Lipinski definition) is 5. The van der Waals surface area contributed by atoms with Crippen LogP contribution in [0.4, 0.5) is 19.0 Å². The molecule has 0 bridgehead atoms. The molecule has 2 aromatic heterocycles. The highest BCUT2D eigenvalue weighted by Crippen LogP contribution is 2.23. The molecule has 2 aromatic rings.